The van der Waals surface area contributed by atoms with E-state index in [1.54, 1.807) is 18.2 Å². The van der Waals surface area contributed by atoms with Crippen LogP contribution >= 0.6 is 0 Å². The highest BCUT2D eigenvalue weighted by Crippen LogP contribution is 2.38. The molecule has 3 rings (SSSR count). The highest BCUT2D eigenvalue weighted by molar-refractivity contribution is 5.95. The Kier molecular flexibility index (Phi) is 4.04. The van der Waals surface area contributed by atoms with Gasteiger partial charge in [-0.3, -0.25) is 20.2 Å². The third-order valence-corrected chi connectivity index (χ3v) is 3.50. The lowest BCUT2D eigenvalue weighted by atomic mass is 10.1. The number of nitro benzene ring substituents is 2. The largest absolute Gasteiger partial charge is 0.506 e. The molecule has 0 aliphatic rings. The van der Waals surface area contributed by atoms with Crippen LogP contribution in [0.5, 0.6) is 5.75 Å². The summed E-state index contributed by atoms with van der Waals surface area (Å²) in [4.78, 5) is 20.4. The number of hydrogen-bond acceptors (Lipinski definition) is 7. The van der Waals surface area contributed by atoms with Crippen LogP contribution in [0.2, 0.25) is 0 Å². The van der Waals surface area contributed by atoms with E-state index in [0.717, 1.165) is 23.6 Å². The number of nitrogens with zero attached hydrogens (tertiary/aromatic N) is 4. The van der Waals surface area contributed by atoms with Crippen LogP contribution in [0.4, 0.5) is 22.7 Å². The Balaban J connectivity index is 2.10. The summed E-state index contributed by atoms with van der Waals surface area (Å²) in [6, 6.07) is 13.3. The maximum atomic E-state index is 11.1. The van der Waals surface area contributed by atoms with Crippen molar-refractivity contribution in [2.45, 2.75) is 0 Å². The molecule has 124 valence electrons. The van der Waals surface area contributed by atoms with Crippen LogP contribution in [0, 0.1) is 20.2 Å². The smallest absolute Gasteiger partial charge is 0.303 e. The van der Waals surface area contributed by atoms with Crippen LogP contribution in [0.15, 0.2) is 64.8 Å². The van der Waals surface area contributed by atoms with Gasteiger partial charge in [0.1, 0.15) is 11.4 Å². The summed E-state index contributed by atoms with van der Waals surface area (Å²) in [5.74, 6) is -0.132. The fraction of sp³-hybridized carbons (Fsp3) is 0. The van der Waals surface area contributed by atoms with Gasteiger partial charge in [0.15, 0.2) is 5.69 Å². The molecular weight excluding hydrogens is 328 g/mol. The fourth-order valence-electron chi connectivity index (χ4n) is 2.31. The van der Waals surface area contributed by atoms with Crippen molar-refractivity contribution in [2.24, 2.45) is 10.2 Å². The molecule has 9 nitrogen and oxygen atoms in total. The van der Waals surface area contributed by atoms with Gasteiger partial charge in [-0.25, -0.2) is 0 Å². The Morgan fingerprint density at radius 1 is 0.880 bits per heavy atom. The number of non-ortho nitro benzene ring substituents is 1. The number of hydrogen-bond donors (Lipinski definition) is 1. The molecule has 0 unspecified atom stereocenters. The maximum absolute atomic E-state index is 11.1. The number of rotatable bonds is 4. The van der Waals surface area contributed by atoms with Crippen molar-refractivity contribution in [1.29, 1.82) is 0 Å². The molecule has 0 saturated carbocycles. The molecule has 0 radical (unpaired) electrons. The van der Waals surface area contributed by atoms with Gasteiger partial charge >= 0.3 is 5.69 Å². The van der Waals surface area contributed by atoms with Gasteiger partial charge in [-0.05, 0) is 17.5 Å². The van der Waals surface area contributed by atoms with Gasteiger partial charge in [0.05, 0.1) is 15.9 Å². The number of fused-ring (bicyclic) bond motifs is 1. The molecule has 0 saturated heterocycles. The first kappa shape index (κ1) is 16.0. The van der Waals surface area contributed by atoms with E-state index in [4.69, 9.17) is 0 Å². The zero-order valence-corrected chi connectivity index (χ0v) is 12.6. The van der Waals surface area contributed by atoms with E-state index in [1.165, 1.54) is 6.07 Å². The molecule has 0 spiro atoms. The summed E-state index contributed by atoms with van der Waals surface area (Å²) in [7, 11) is 0. The van der Waals surface area contributed by atoms with Crippen LogP contribution in [-0.2, 0) is 0 Å². The minimum atomic E-state index is -0.774. The predicted octanol–water partition coefficient (Wildman–Crippen LogP) is 4.78. The van der Waals surface area contributed by atoms with E-state index >= 15 is 0 Å². The quantitative estimate of drug-likeness (QED) is 0.415. The van der Waals surface area contributed by atoms with E-state index in [1.807, 2.05) is 12.1 Å². The average Bonchev–Trinajstić information content (AvgIpc) is 2.60. The summed E-state index contributed by atoms with van der Waals surface area (Å²) in [5.41, 5.74) is -0.954. The summed E-state index contributed by atoms with van der Waals surface area (Å²) in [6.07, 6.45) is 0. The van der Waals surface area contributed by atoms with Crippen molar-refractivity contribution in [1.82, 2.24) is 0 Å². The topological polar surface area (TPSA) is 131 Å². The van der Waals surface area contributed by atoms with Gasteiger partial charge < -0.3 is 5.11 Å². The number of phenolic OH excluding ortho intramolecular Hbond substituents is 1. The van der Waals surface area contributed by atoms with Crippen molar-refractivity contribution in [3.05, 3.63) is 74.8 Å². The second kappa shape index (κ2) is 6.32. The zero-order valence-electron chi connectivity index (χ0n) is 12.6. The Labute approximate surface area is 140 Å². The van der Waals surface area contributed by atoms with Crippen molar-refractivity contribution in [2.75, 3.05) is 0 Å². The van der Waals surface area contributed by atoms with Gasteiger partial charge in [0.25, 0.3) is 5.69 Å². The number of nitro groups is 2. The lowest BCUT2D eigenvalue weighted by Crippen LogP contribution is -1.92. The van der Waals surface area contributed by atoms with Crippen molar-refractivity contribution < 1.29 is 15.0 Å². The lowest BCUT2D eigenvalue weighted by molar-refractivity contribution is -0.393. The van der Waals surface area contributed by atoms with Crippen LogP contribution in [0.25, 0.3) is 10.8 Å². The molecule has 0 aliphatic carbocycles. The van der Waals surface area contributed by atoms with E-state index in [-0.39, 0.29) is 17.1 Å². The third-order valence-electron chi connectivity index (χ3n) is 3.50. The first-order valence-electron chi connectivity index (χ1n) is 7.02. The first-order chi connectivity index (χ1) is 12.0. The third kappa shape index (κ3) is 3.11. The molecule has 0 atom stereocenters. The Morgan fingerprint density at radius 3 is 2.36 bits per heavy atom. The molecule has 25 heavy (non-hydrogen) atoms. The second-order valence-electron chi connectivity index (χ2n) is 5.04. The SMILES string of the molecule is O=[N+]([O-])c1ccc(N=Nc2c(O)ccc3ccccc23)c([N+](=O)[O-])c1. The normalized spacial score (nSPS) is 11.0. The fourth-order valence-corrected chi connectivity index (χ4v) is 2.31. The molecule has 3 aromatic rings. The molecule has 0 amide bonds. The molecule has 3 aromatic carbocycles. The molecule has 0 aliphatic heterocycles. The minimum Gasteiger partial charge on any atom is -0.506 e. The van der Waals surface area contributed by atoms with Gasteiger partial charge in [-0.2, -0.15) is 0 Å². The summed E-state index contributed by atoms with van der Waals surface area (Å²) < 4.78 is 0. The van der Waals surface area contributed by atoms with Crippen molar-refractivity contribution in [3.8, 4) is 5.75 Å². The molecule has 0 heterocycles. The van der Waals surface area contributed by atoms with Crippen molar-refractivity contribution in [3.63, 3.8) is 0 Å². The number of aromatic hydroxyl groups is 1. The van der Waals surface area contributed by atoms with E-state index in [9.17, 15) is 25.3 Å². The monoisotopic (exact) mass is 338 g/mol. The summed E-state index contributed by atoms with van der Waals surface area (Å²) in [5, 5.41) is 41.0. The molecule has 0 fully saturated rings. The number of benzene rings is 3. The van der Waals surface area contributed by atoms with Gasteiger partial charge in [0.2, 0.25) is 0 Å². The number of azo groups is 1. The molecule has 0 bridgehead atoms. The van der Waals surface area contributed by atoms with E-state index < -0.39 is 21.2 Å². The van der Waals surface area contributed by atoms with Crippen LogP contribution in [-0.4, -0.2) is 15.0 Å². The maximum Gasteiger partial charge on any atom is 0.303 e. The lowest BCUT2D eigenvalue weighted by Gasteiger charge is -2.03. The van der Waals surface area contributed by atoms with Crippen LogP contribution in [0.1, 0.15) is 0 Å². The molecule has 9 heteroatoms. The Morgan fingerprint density at radius 2 is 1.64 bits per heavy atom. The minimum absolute atomic E-state index is 0.132. The van der Waals surface area contributed by atoms with Crippen LogP contribution < -0.4 is 0 Å². The average molecular weight is 338 g/mol. The number of phenols is 1. The predicted molar refractivity (Wildman–Crippen MR) is 89.5 cm³/mol. The van der Waals surface area contributed by atoms with E-state index in [0.29, 0.717) is 5.39 Å². The Bertz CT molecular complexity index is 1030. The van der Waals surface area contributed by atoms with Gasteiger partial charge in [0, 0.05) is 11.5 Å². The molecule has 0 aromatic heterocycles. The van der Waals surface area contributed by atoms with E-state index in [2.05, 4.69) is 10.2 Å². The Hall–Kier alpha value is -3.88. The standard InChI is InChI=1S/C16H10N4O5/c21-15-8-5-10-3-1-2-4-12(10)16(15)18-17-13-7-6-11(19(22)23)9-14(13)20(24)25/h1-9,21H. The summed E-state index contributed by atoms with van der Waals surface area (Å²) in [6.45, 7) is 0. The molecular formula is C16H10N4O5. The molecule has 1 N–H and O–H groups in total. The van der Waals surface area contributed by atoms with Crippen molar-refractivity contribution >= 4 is 33.5 Å². The zero-order chi connectivity index (χ0) is 18.0. The summed E-state index contributed by atoms with van der Waals surface area (Å²) >= 11 is 0. The van der Waals surface area contributed by atoms with Crippen LogP contribution in [0.3, 0.4) is 0 Å². The van der Waals surface area contributed by atoms with Gasteiger partial charge in [-0.15, -0.1) is 10.2 Å². The van der Waals surface area contributed by atoms with Gasteiger partial charge in [-0.1, -0.05) is 30.3 Å². The highest BCUT2D eigenvalue weighted by atomic mass is 16.6. The highest BCUT2D eigenvalue weighted by Gasteiger charge is 2.19. The first-order valence-corrected chi connectivity index (χ1v) is 7.02. The second-order valence-corrected chi connectivity index (χ2v) is 5.04.